The average Bonchev–Trinajstić information content (AvgIpc) is 2.50. The summed E-state index contributed by atoms with van der Waals surface area (Å²) in [7, 11) is 0. The molecule has 5 nitrogen and oxygen atoms in total. The first-order chi connectivity index (χ1) is 11.0. The molecule has 0 bridgehead atoms. The standard InChI is InChI=1S/C17H17ClN2O3/c1-9-5-6-10(7-12(9)18)19-17(23)11-8-15(22)20-13-3-2-4-14(21)16(11)13/h3,5-7,11,16H,2,4,8H2,1H3,(H,19,23)(H,20,22)/t11-,16+/m1/s1. The highest BCUT2D eigenvalue weighted by Gasteiger charge is 2.42. The van der Waals surface area contributed by atoms with E-state index in [1.54, 1.807) is 12.1 Å². The predicted octanol–water partition coefficient (Wildman–Crippen LogP) is 2.59. The van der Waals surface area contributed by atoms with Crippen molar-refractivity contribution in [1.82, 2.24) is 5.32 Å². The molecule has 1 fully saturated rings. The maximum absolute atomic E-state index is 12.6. The summed E-state index contributed by atoms with van der Waals surface area (Å²) >= 11 is 6.06. The van der Waals surface area contributed by atoms with Gasteiger partial charge in [0, 0.05) is 29.2 Å². The van der Waals surface area contributed by atoms with E-state index in [4.69, 9.17) is 11.6 Å². The zero-order valence-electron chi connectivity index (χ0n) is 12.7. The minimum Gasteiger partial charge on any atom is -0.329 e. The molecular formula is C17H17ClN2O3. The van der Waals surface area contributed by atoms with Crippen LogP contribution < -0.4 is 10.6 Å². The molecule has 2 atom stereocenters. The lowest BCUT2D eigenvalue weighted by atomic mass is 9.76. The van der Waals surface area contributed by atoms with Gasteiger partial charge < -0.3 is 10.6 Å². The van der Waals surface area contributed by atoms with Crippen molar-refractivity contribution in [3.05, 3.63) is 40.6 Å². The second kappa shape index (κ2) is 6.16. The lowest BCUT2D eigenvalue weighted by Gasteiger charge is -2.34. The van der Waals surface area contributed by atoms with E-state index in [0.717, 1.165) is 5.56 Å². The van der Waals surface area contributed by atoms with Crippen LogP contribution in [0.25, 0.3) is 0 Å². The number of ketones is 1. The van der Waals surface area contributed by atoms with Crippen molar-refractivity contribution in [1.29, 1.82) is 0 Å². The van der Waals surface area contributed by atoms with Crippen molar-refractivity contribution >= 4 is 34.9 Å². The van der Waals surface area contributed by atoms with E-state index in [1.807, 2.05) is 19.1 Å². The fourth-order valence-corrected chi connectivity index (χ4v) is 3.26. The van der Waals surface area contributed by atoms with Gasteiger partial charge in [0.2, 0.25) is 11.8 Å². The topological polar surface area (TPSA) is 75.3 Å². The number of anilines is 1. The Morgan fingerprint density at radius 1 is 1.35 bits per heavy atom. The maximum atomic E-state index is 12.6. The molecule has 0 aromatic heterocycles. The number of Topliss-reactive ketones (excluding diaryl/α,β-unsaturated/α-hetero) is 1. The van der Waals surface area contributed by atoms with Gasteiger partial charge in [0.15, 0.2) is 0 Å². The van der Waals surface area contributed by atoms with E-state index in [9.17, 15) is 14.4 Å². The number of amides is 2. The number of hydrogen-bond acceptors (Lipinski definition) is 3. The molecule has 2 N–H and O–H groups in total. The fourth-order valence-electron chi connectivity index (χ4n) is 3.08. The third kappa shape index (κ3) is 3.15. The quantitative estimate of drug-likeness (QED) is 0.874. The Balaban J connectivity index is 1.83. The van der Waals surface area contributed by atoms with Gasteiger partial charge >= 0.3 is 0 Å². The highest BCUT2D eigenvalue weighted by molar-refractivity contribution is 6.31. The Labute approximate surface area is 139 Å². The second-order valence-electron chi connectivity index (χ2n) is 5.95. The molecule has 120 valence electrons. The molecule has 6 heteroatoms. The zero-order chi connectivity index (χ0) is 16.6. The van der Waals surface area contributed by atoms with Crippen LogP contribution >= 0.6 is 11.6 Å². The number of allylic oxidation sites excluding steroid dienone is 2. The monoisotopic (exact) mass is 332 g/mol. The molecule has 2 aliphatic rings. The van der Waals surface area contributed by atoms with Gasteiger partial charge in [-0.1, -0.05) is 23.7 Å². The normalized spacial score (nSPS) is 23.7. The summed E-state index contributed by atoms with van der Waals surface area (Å²) in [6.45, 7) is 1.87. The molecule has 3 rings (SSSR count). The number of halogens is 1. The highest BCUT2D eigenvalue weighted by atomic mass is 35.5. The van der Waals surface area contributed by atoms with Crippen LogP contribution in [0.5, 0.6) is 0 Å². The number of carbonyl (C=O) groups is 3. The van der Waals surface area contributed by atoms with Crippen LogP contribution in [0.15, 0.2) is 30.0 Å². The van der Waals surface area contributed by atoms with E-state index < -0.39 is 11.8 Å². The molecule has 0 radical (unpaired) electrons. The molecule has 1 aliphatic carbocycles. The third-order valence-electron chi connectivity index (χ3n) is 4.30. The second-order valence-corrected chi connectivity index (χ2v) is 6.36. The van der Waals surface area contributed by atoms with Crippen molar-refractivity contribution in [3.63, 3.8) is 0 Å². The Morgan fingerprint density at radius 2 is 2.13 bits per heavy atom. The van der Waals surface area contributed by atoms with Gasteiger partial charge in [-0.15, -0.1) is 0 Å². The van der Waals surface area contributed by atoms with E-state index in [-0.39, 0.29) is 24.0 Å². The first-order valence-electron chi connectivity index (χ1n) is 7.55. The van der Waals surface area contributed by atoms with Crippen molar-refractivity contribution in [3.8, 4) is 0 Å². The SMILES string of the molecule is Cc1ccc(NC(=O)[C@@H]2CC(=O)NC3=CCCC(=O)[C@H]32)cc1Cl. The number of benzene rings is 1. The van der Waals surface area contributed by atoms with E-state index in [0.29, 0.717) is 29.2 Å². The number of piperidine rings is 1. The molecule has 0 unspecified atom stereocenters. The number of aryl methyl sites for hydroxylation is 1. The summed E-state index contributed by atoms with van der Waals surface area (Å²) in [6.07, 6.45) is 2.86. The number of hydrogen-bond donors (Lipinski definition) is 2. The van der Waals surface area contributed by atoms with Crippen LogP contribution in [-0.2, 0) is 14.4 Å². The van der Waals surface area contributed by atoms with Crippen LogP contribution in [0.4, 0.5) is 5.69 Å². The molecule has 0 spiro atoms. The van der Waals surface area contributed by atoms with E-state index in [1.165, 1.54) is 0 Å². The van der Waals surface area contributed by atoms with Gasteiger partial charge in [-0.2, -0.15) is 0 Å². The van der Waals surface area contributed by atoms with Crippen LogP contribution in [0, 0.1) is 18.8 Å². The molecule has 1 aliphatic heterocycles. The molecule has 1 aromatic carbocycles. The predicted molar refractivity (Wildman–Crippen MR) is 86.9 cm³/mol. The first-order valence-corrected chi connectivity index (χ1v) is 7.93. The van der Waals surface area contributed by atoms with Crippen LogP contribution in [0.3, 0.4) is 0 Å². The van der Waals surface area contributed by atoms with Gasteiger partial charge in [-0.05, 0) is 31.0 Å². The summed E-state index contributed by atoms with van der Waals surface area (Å²) < 4.78 is 0. The molecule has 1 heterocycles. The largest absolute Gasteiger partial charge is 0.329 e. The van der Waals surface area contributed by atoms with Crippen LogP contribution in [-0.4, -0.2) is 17.6 Å². The maximum Gasteiger partial charge on any atom is 0.229 e. The number of nitrogens with one attached hydrogen (secondary N) is 2. The third-order valence-corrected chi connectivity index (χ3v) is 4.71. The molecule has 1 aromatic rings. The minimum atomic E-state index is -0.678. The van der Waals surface area contributed by atoms with Crippen LogP contribution in [0.2, 0.25) is 5.02 Å². The zero-order valence-corrected chi connectivity index (χ0v) is 13.4. The minimum absolute atomic E-state index is 0.00425. The van der Waals surface area contributed by atoms with Crippen LogP contribution in [0.1, 0.15) is 24.8 Å². The lowest BCUT2D eigenvalue weighted by molar-refractivity contribution is -0.135. The molecule has 1 saturated heterocycles. The Hall–Kier alpha value is -2.14. The van der Waals surface area contributed by atoms with Crippen molar-refractivity contribution in [2.45, 2.75) is 26.2 Å². The smallest absolute Gasteiger partial charge is 0.229 e. The van der Waals surface area contributed by atoms with Gasteiger partial charge in [0.05, 0.1) is 11.8 Å². The molecule has 23 heavy (non-hydrogen) atoms. The molecular weight excluding hydrogens is 316 g/mol. The summed E-state index contributed by atoms with van der Waals surface area (Å²) in [6, 6.07) is 5.22. The van der Waals surface area contributed by atoms with E-state index in [2.05, 4.69) is 10.6 Å². The highest BCUT2D eigenvalue weighted by Crippen LogP contribution is 2.33. The van der Waals surface area contributed by atoms with Gasteiger partial charge in [-0.25, -0.2) is 0 Å². The number of rotatable bonds is 2. The van der Waals surface area contributed by atoms with Crippen molar-refractivity contribution in [2.24, 2.45) is 11.8 Å². The number of fused-ring (bicyclic) bond motifs is 1. The van der Waals surface area contributed by atoms with Gasteiger partial charge in [0.25, 0.3) is 0 Å². The van der Waals surface area contributed by atoms with E-state index >= 15 is 0 Å². The Morgan fingerprint density at radius 3 is 2.87 bits per heavy atom. The lowest BCUT2D eigenvalue weighted by Crippen LogP contribution is -2.47. The summed E-state index contributed by atoms with van der Waals surface area (Å²) in [5.41, 5.74) is 2.04. The summed E-state index contributed by atoms with van der Waals surface area (Å²) in [5, 5.41) is 6.04. The average molecular weight is 333 g/mol. The fraction of sp³-hybridized carbons (Fsp3) is 0.353. The molecule has 0 saturated carbocycles. The van der Waals surface area contributed by atoms with Crippen molar-refractivity contribution in [2.75, 3.05) is 5.32 Å². The first kappa shape index (κ1) is 15.7. The number of carbonyl (C=O) groups excluding carboxylic acids is 3. The Bertz CT molecular complexity index is 727. The molecule has 2 amide bonds. The summed E-state index contributed by atoms with van der Waals surface area (Å²) in [5.74, 6) is -1.79. The Kier molecular flexibility index (Phi) is 4.22. The summed E-state index contributed by atoms with van der Waals surface area (Å²) in [4.78, 5) is 36.6. The van der Waals surface area contributed by atoms with Gasteiger partial charge in [0.1, 0.15) is 5.78 Å². The van der Waals surface area contributed by atoms with Gasteiger partial charge in [-0.3, -0.25) is 14.4 Å². The van der Waals surface area contributed by atoms with Crippen molar-refractivity contribution < 1.29 is 14.4 Å².